The molecule has 0 spiro atoms. The summed E-state index contributed by atoms with van der Waals surface area (Å²) in [7, 11) is 0. The van der Waals surface area contributed by atoms with E-state index in [0.29, 0.717) is 6.04 Å². The van der Waals surface area contributed by atoms with Gasteiger partial charge < -0.3 is 0 Å². The van der Waals surface area contributed by atoms with Crippen LogP contribution in [0.2, 0.25) is 0 Å². The Morgan fingerprint density at radius 3 is 2.95 bits per heavy atom. The Hall–Kier alpha value is -1.94. The Morgan fingerprint density at radius 2 is 2.20 bits per heavy atom. The average molecular weight is 268 g/mol. The molecule has 4 heteroatoms. The van der Waals surface area contributed by atoms with Crippen molar-refractivity contribution in [2.75, 3.05) is 13.1 Å². The van der Waals surface area contributed by atoms with Gasteiger partial charge in [0.1, 0.15) is 5.82 Å². The van der Waals surface area contributed by atoms with Gasteiger partial charge in [-0.3, -0.25) is 10.00 Å². The van der Waals surface area contributed by atoms with E-state index >= 15 is 0 Å². The minimum atomic E-state index is 0.361. The molecule has 1 saturated heterocycles. The van der Waals surface area contributed by atoms with E-state index < -0.39 is 0 Å². The smallest absolute Gasteiger partial charge is 0.167 e. The standard InChI is InChI=1S/C16H20N4/c1-13-17-16(19-18-13)15-10-6-12-20(15)11-5-9-14-7-3-2-4-8-14/h2-5,7-9,15H,6,10-12H2,1H3,(H,17,18,19). The van der Waals surface area contributed by atoms with Gasteiger partial charge in [0.05, 0.1) is 6.04 Å². The molecule has 1 aliphatic heterocycles. The van der Waals surface area contributed by atoms with Crippen molar-refractivity contribution in [3.05, 3.63) is 53.6 Å². The molecule has 1 atom stereocenters. The third-order valence-electron chi connectivity index (χ3n) is 3.73. The molecule has 104 valence electrons. The van der Waals surface area contributed by atoms with Crippen molar-refractivity contribution in [2.24, 2.45) is 0 Å². The number of likely N-dealkylation sites (tertiary alicyclic amines) is 1. The van der Waals surface area contributed by atoms with Gasteiger partial charge in [-0.1, -0.05) is 42.5 Å². The van der Waals surface area contributed by atoms with Crippen LogP contribution < -0.4 is 0 Å². The third-order valence-corrected chi connectivity index (χ3v) is 3.73. The van der Waals surface area contributed by atoms with Gasteiger partial charge in [0.15, 0.2) is 5.82 Å². The number of nitrogens with zero attached hydrogens (tertiary/aromatic N) is 3. The van der Waals surface area contributed by atoms with E-state index in [9.17, 15) is 0 Å². The molecule has 1 unspecified atom stereocenters. The van der Waals surface area contributed by atoms with E-state index in [2.05, 4.69) is 56.5 Å². The van der Waals surface area contributed by atoms with Gasteiger partial charge in [-0.05, 0) is 31.9 Å². The SMILES string of the molecule is Cc1nc(C2CCCN2CC=Cc2ccccc2)n[nH]1. The highest BCUT2D eigenvalue weighted by Crippen LogP contribution is 2.29. The quantitative estimate of drug-likeness (QED) is 0.927. The van der Waals surface area contributed by atoms with E-state index in [1.807, 2.05) is 13.0 Å². The second kappa shape index (κ2) is 6.01. The predicted molar refractivity (Wildman–Crippen MR) is 80.1 cm³/mol. The number of H-pyrrole nitrogens is 1. The first kappa shape index (κ1) is 13.1. The van der Waals surface area contributed by atoms with Crippen molar-refractivity contribution in [3.8, 4) is 0 Å². The zero-order valence-electron chi connectivity index (χ0n) is 11.8. The first-order chi connectivity index (χ1) is 9.83. The summed E-state index contributed by atoms with van der Waals surface area (Å²) in [5, 5.41) is 7.25. The molecule has 1 aromatic carbocycles. The zero-order chi connectivity index (χ0) is 13.8. The Kier molecular flexibility index (Phi) is 3.92. The normalized spacial score (nSPS) is 19.9. The van der Waals surface area contributed by atoms with Gasteiger partial charge in [0.2, 0.25) is 0 Å². The Bertz CT molecular complexity index is 573. The maximum atomic E-state index is 4.48. The predicted octanol–water partition coefficient (Wildman–Crippen LogP) is 2.96. The van der Waals surface area contributed by atoms with Crippen LogP contribution in [0.3, 0.4) is 0 Å². The van der Waals surface area contributed by atoms with E-state index in [1.165, 1.54) is 12.0 Å². The van der Waals surface area contributed by atoms with Crippen LogP contribution in [0.5, 0.6) is 0 Å². The molecule has 2 heterocycles. The number of hydrogen-bond acceptors (Lipinski definition) is 3. The maximum absolute atomic E-state index is 4.48. The topological polar surface area (TPSA) is 44.8 Å². The number of rotatable bonds is 4. The first-order valence-electron chi connectivity index (χ1n) is 7.17. The fourth-order valence-electron chi connectivity index (χ4n) is 2.73. The summed E-state index contributed by atoms with van der Waals surface area (Å²) in [5.74, 6) is 1.83. The largest absolute Gasteiger partial charge is 0.290 e. The first-order valence-corrected chi connectivity index (χ1v) is 7.17. The lowest BCUT2D eigenvalue weighted by atomic mass is 10.2. The van der Waals surface area contributed by atoms with E-state index in [4.69, 9.17) is 0 Å². The summed E-state index contributed by atoms with van der Waals surface area (Å²) >= 11 is 0. The molecule has 0 saturated carbocycles. The molecule has 4 nitrogen and oxygen atoms in total. The molecule has 20 heavy (non-hydrogen) atoms. The molecule has 0 radical (unpaired) electrons. The molecule has 1 fully saturated rings. The van der Waals surface area contributed by atoms with Crippen molar-refractivity contribution in [2.45, 2.75) is 25.8 Å². The van der Waals surface area contributed by atoms with Crippen LogP contribution in [0.15, 0.2) is 36.4 Å². The second-order valence-electron chi connectivity index (χ2n) is 5.25. The van der Waals surface area contributed by atoms with Gasteiger partial charge in [-0.15, -0.1) is 0 Å². The van der Waals surface area contributed by atoms with Crippen molar-refractivity contribution < 1.29 is 0 Å². The van der Waals surface area contributed by atoms with Crippen molar-refractivity contribution >= 4 is 6.08 Å². The molecular weight excluding hydrogens is 248 g/mol. The van der Waals surface area contributed by atoms with Crippen molar-refractivity contribution in [1.29, 1.82) is 0 Å². The maximum Gasteiger partial charge on any atom is 0.167 e. The number of benzene rings is 1. The molecule has 0 aliphatic carbocycles. The van der Waals surface area contributed by atoms with Crippen LogP contribution >= 0.6 is 0 Å². The van der Waals surface area contributed by atoms with Gasteiger partial charge >= 0.3 is 0 Å². The molecule has 0 amide bonds. The van der Waals surface area contributed by atoms with E-state index in [0.717, 1.165) is 31.2 Å². The number of aromatic amines is 1. The highest BCUT2D eigenvalue weighted by Gasteiger charge is 2.27. The van der Waals surface area contributed by atoms with Gasteiger partial charge in [-0.2, -0.15) is 5.10 Å². The van der Waals surface area contributed by atoms with Crippen LogP contribution in [-0.4, -0.2) is 33.2 Å². The molecule has 3 rings (SSSR count). The number of nitrogens with one attached hydrogen (secondary N) is 1. The minimum absolute atomic E-state index is 0.361. The summed E-state index contributed by atoms with van der Waals surface area (Å²) in [6, 6.07) is 10.8. The van der Waals surface area contributed by atoms with E-state index in [-0.39, 0.29) is 0 Å². The summed E-state index contributed by atoms with van der Waals surface area (Å²) in [4.78, 5) is 6.92. The average Bonchev–Trinajstić information content (AvgIpc) is 3.09. The van der Waals surface area contributed by atoms with Crippen molar-refractivity contribution in [1.82, 2.24) is 20.1 Å². The summed E-state index contributed by atoms with van der Waals surface area (Å²) < 4.78 is 0. The highest BCUT2D eigenvalue weighted by molar-refractivity contribution is 5.48. The molecule has 1 N–H and O–H groups in total. The lowest BCUT2D eigenvalue weighted by Crippen LogP contribution is -2.24. The number of aromatic nitrogens is 3. The van der Waals surface area contributed by atoms with Gasteiger partial charge in [-0.25, -0.2) is 4.98 Å². The molecule has 0 bridgehead atoms. The Morgan fingerprint density at radius 1 is 1.35 bits per heavy atom. The zero-order valence-corrected chi connectivity index (χ0v) is 11.8. The fraction of sp³-hybridized carbons (Fsp3) is 0.375. The Balaban J connectivity index is 1.63. The molecule has 1 aliphatic rings. The highest BCUT2D eigenvalue weighted by atomic mass is 15.3. The summed E-state index contributed by atoms with van der Waals surface area (Å²) in [6.45, 7) is 4.02. The van der Waals surface area contributed by atoms with Crippen molar-refractivity contribution in [3.63, 3.8) is 0 Å². The lowest BCUT2D eigenvalue weighted by molar-refractivity contribution is 0.276. The Labute approximate surface area is 119 Å². The lowest BCUT2D eigenvalue weighted by Gasteiger charge is -2.20. The molecule has 1 aromatic heterocycles. The third kappa shape index (κ3) is 2.96. The van der Waals surface area contributed by atoms with Gasteiger partial charge in [0.25, 0.3) is 0 Å². The molecule has 2 aromatic rings. The second-order valence-corrected chi connectivity index (χ2v) is 5.25. The van der Waals surface area contributed by atoms with Crippen LogP contribution in [-0.2, 0) is 0 Å². The van der Waals surface area contributed by atoms with Crippen LogP contribution in [0.25, 0.3) is 6.08 Å². The monoisotopic (exact) mass is 268 g/mol. The van der Waals surface area contributed by atoms with E-state index in [1.54, 1.807) is 0 Å². The van der Waals surface area contributed by atoms with Crippen LogP contribution in [0.1, 0.15) is 36.1 Å². The van der Waals surface area contributed by atoms with Crippen LogP contribution in [0.4, 0.5) is 0 Å². The molecular formula is C16H20N4. The number of aryl methyl sites for hydroxylation is 1. The number of hydrogen-bond donors (Lipinski definition) is 1. The summed E-state index contributed by atoms with van der Waals surface area (Å²) in [5.41, 5.74) is 1.25. The fourth-order valence-corrected chi connectivity index (χ4v) is 2.73. The minimum Gasteiger partial charge on any atom is -0.290 e. The van der Waals surface area contributed by atoms with Gasteiger partial charge in [0, 0.05) is 6.54 Å². The van der Waals surface area contributed by atoms with Crippen LogP contribution in [0, 0.1) is 6.92 Å². The summed E-state index contributed by atoms with van der Waals surface area (Å²) in [6.07, 6.45) is 6.78.